The van der Waals surface area contributed by atoms with E-state index in [0.717, 1.165) is 30.4 Å². The second kappa shape index (κ2) is 5.64. The number of carbonyl (C=O) groups excluding carboxylic acids is 1. The first-order valence-corrected chi connectivity index (χ1v) is 8.16. The third-order valence-electron chi connectivity index (χ3n) is 4.15. The van der Waals surface area contributed by atoms with Gasteiger partial charge in [-0.2, -0.15) is 0 Å². The lowest BCUT2D eigenvalue weighted by Crippen LogP contribution is -2.40. The van der Waals surface area contributed by atoms with E-state index in [0.29, 0.717) is 12.2 Å². The fourth-order valence-electron chi connectivity index (χ4n) is 2.54. The Labute approximate surface area is 134 Å². The summed E-state index contributed by atoms with van der Waals surface area (Å²) in [4.78, 5) is 23.6. The number of Topliss-reactive ketones (excluding diaryl/α,β-unsaturated/α-hetero) is 1. The number of hydrogen-bond donors (Lipinski definition) is 0. The second-order valence-electron chi connectivity index (χ2n) is 8.50. The Balaban J connectivity index is 2.45. The number of nitrogens with zero attached hydrogens (tertiary/aromatic N) is 3. The minimum Gasteiger partial charge on any atom is -0.355 e. The van der Waals surface area contributed by atoms with Gasteiger partial charge in [-0.25, -0.2) is 9.97 Å². The maximum absolute atomic E-state index is 11.8. The van der Waals surface area contributed by atoms with Crippen LogP contribution in [-0.4, -0.2) is 28.8 Å². The van der Waals surface area contributed by atoms with E-state index in [2.05, 4.69) is 52.5 Å². The molecule has 1 aromatic heterocycles. The summed E-state index contributed by atoms with van der Waals surface area (Å²) in [5.74, 6) is 2.28. The number of ketones is 1. The molecule has 2 rings (SSSR count). The molecule has 0 saturated carbocycles. The van der Waals surface area contributed by atoms with E-state index in [4.69, 9.17) is 9.97 Å². The zero-order chi connectivity index (χ0) is 16.7. The summed E-state index contributed by atoms with van der Waals surface area (Å²) in [7, 11) is 0. The van der Waals surface area contributed by atoms with Gasteiger partial charge in [0, 0.05) is 42.3 Å². The molecule has 4 heteroatoms. The predicted molar refractivity (Wildman–Crippen MR) is 90.4 cm³/mol. The van der Waals surface area contributed by atoms with Gasteiger partial charge in [-0.3, -0.25) is 4.79 Å². The van der Waals surface area contributed by atoms with Gasteiger partial charge in [-0.05, 0) is 0 Å². The van der Waals surface area contributed by atoms with Gasteiger partial charge in [0.05, 0.1) is 5.69 Å². The standard InChI is InChI=1S/C18H29N3O/c1-12-11-21(9-8-13(12)22)15-10-14(17(2,3)4)19-16(20-15)18(5,6)7/h10,12H,8-9,11H2,1-7H3. The normalized spacial score (nSPS) is 20.4. The number of hydrogen-bond acceptors (Lipinski definition) is 4. The molecular weight excluding hydrogens is 274 g/mol. The summed E-state index contributed by atoms with van der Waals surface area (Å²) in [6.45, 7) is 16.5. The Bertz CT molecular complexity index is 534. The van der Waals surface area contributed by atoms with Crippen LogP contribution in [0.1, 0.15) is 66.4 Å². The number of carbonyl (C=O) groups is 1. The average Bonchev–Trinajstić information content (AvgIpc) is 2.39. The Morgan fingerprint density at radius 2 is 1.73 bits per heavy atom. The summed E-state index contributed by atoms with van der Waals surface area (Å²) in [6, 6.07) is 2.09. The molecule has 1 fully saturated rings. The van der Waals surface area contributed by atoms with Crippen molar-refractivity contribution in [3.63, 3.8) is 0 Å². The Hall–Kier alpha value is -1.45. The molecule has 0 N–H and O–H groups in total. The quantitative estimate of drug-likeness (QED) is 0.797. The van der Waals surface area contributed by atoms with Gasteiger partial charge in [0.15, 0.2) is 0 Å². The van der Waals surface area contributed by atoms with E-state index in [1.807, 2.05) is 6.92 Å². The summed E-state index contributed by atoms with van der Waals surface area (Å²) < 4.78 is 0. The third kappa shape index (κ3) is 3.65. The topological polar surface area (TPSA) is 46.1 Å². The minimum atomic E-state index is -0.0900. The number of anilines is 1. The van der Waals surface area contributed by atoms with E-state index in [-0.39, 0.29) is 16.7 Å². The zero-order valence-corrected chi connectivity index (χ0v) is 15.0. The second-order valence-corrected chi connectivity index (χ2v) is 8.50. The fraction of sp³-hybridized carbons (Fsp3) is 0.722. The van der Waals surface area contributed by atoms with E-state index in [1.165, 1.54) is 0 Å². The van der Waals surface area contributed by atoms with E-state index in [1.54, 1.807) is 0 Å². The van der Waals surface area contributed by atoms with Crippen molar-refractivity contribution in [1.29, 1.82) is 0 Å². The van der Waals surface area contributed by atoms with Crippen LogP contribution in [0.5, 0.6) is 0 Å². The number of rotatable bonds is 1. The molecule has 0 aliphatic carbocycles. The highest BCUT2D eigenvalue weighted by molar-refractivity contribution is 5.83. The van der Waals surface area contributed by atoms with Crippen molar-refractivity contribution < 1.29 is 4.79 Å². The van der Waals surface area contributed by atoms with Gasteiger partial charge in [0.2, 0.25) is 0 Å². The highest BCUT2D eigenvalue weighted by Crippen LogP contribution is 2.29. The lowest BCUT2D eigenvalue weighted by Gasteiger charge is -2.33. The summed E-state index contributed by atoms with van der Waals surface area (Å²) in [5.41, 5.74) is 0.953. The van der Waals surface area contributed by atoms with Crippen molar-refractivity contribution in [1.82, 2.24) is 9.97 Å². The Morgan fingerprint density at radius 3 is 2.23 bits per heavy atom. The molecule has 0 spiro atoms. The summed E-state index contributed by atoms with van der Waals surface area (Å²) in [6.07, 6.45) is 0.612. The number of aromatic nitrogens is 2. The van der Waals surface area contributed by atoms with Crippen LogP contribution >= 0.6 is 0 Å². The maximum Gasteiger partial charge on any atom is 0.139 e. The van der Waals surface area contributed by atoms with Gasteiger partial charge in [0.1, 0.15) is 17.4 Å². The van der Waals surface area contributed by atoms with Gasteiger partial charge >= 0.3 is 0 Å². The van der Waals surface area contributed by atoms with Crippen molar-refractivity contribution >= 4 is 11.6 Å². The summed E-state index contributed by atoms with van der Waals surface area (Å²) >= 11 is 0. The molecule has 0 bridgehead atoms. The van der Waals surface area contributed by atoms with Gasteiger partial charge in [-0.15, -0.1) is 0 Å². The lowest BCUT2D eigenvalue weighted by atomic mass is 9.90. The van der Waals surface area contributed by atoms with Crippen LogP contribution in [0.3, 0.4) is 0 Å². The third-order valence-corrected chi connectivity index (χ3v) is 4.15. The first-order chi connectivity index (χ1) is 9.98. The first kappa shape index (κ1) is 16.9. The molecule has 0 radical (unpaired) electrons. The molecule has 1 aliphatic heterocycles. The predicted octanol–water partition coefficient (Wildman–Crippen LogP) is 3.49. The van der Waals surface area contributed by atoms with Crippen LogP contribution in [0.4, 0.5) is 5.82 Å². The molecule has 1 aromatic rings. The largest absolute Gasteiger partial charge is 0.355 e. The molecule has 1 atom stereocenters. The van der Waals surface area contributed by atoms with Crippen LogP contribution in [0.15, 0.2) is 6.07 Å². The molecule has 4 nitrogen and oxygen atoms in total. The highest BCUT2D eigenvalue weighted by atomic mass is 16.1. The molecule has 2 heterocycles. The Kier molecular flexibility index (Phi) is 4.33. The lowest BCUT2D eigenvalue weighted by molar-refractivity contribution is -0.122. The molecule has 1 saturated heterocycles. The minimum absolute atomic E-state index is 0.0189. The van der Waals surface area contributed by atoms with E-state index >= 15 is 0 Å². The van der Waals surface area contributed by atoms with Crippen LogP contribution in [0.2, 0.25) is 0 Å². The SMILES string of the molecule is CC1CN(c2cc(C(C)(C)C)nc(C(C)(C)C)n2)CCC1=O. The highest BCUT2D eigenvalue weighted by Gasteiger charge is 2.28. The van der Waals surface area contributed by atoms with Gasteiger partial charge in [-0.1, -0.05) is 48.5 Å². The molecule has 1 aliphatic rings. The molecule has 22 heavy (non-hydrogen) atoms. The van der Waals surface area contributed by atoms with Crippen LogP contribution in [0, 0.1) is 5.92 Å². The zero-order valence-electron chi connectivity index (χ0n) is 15.0. The van der Waals surface area contributed by atoms with Crippen molar-refractivity contribution in [2.24, 2.45) is 5.92 Å². The average molecular weight is 303 g/mol. The van der Waals surface area contributed by atoms with Gasteiger partial charge in [0.25, 0.3) is 0 Å². The van der Waals surface area contributed by atoms with Crippen molar-refractivity contribution in [3.05, 3.63) is 17.6 Å². The molecule has 0 aromatic carbocycles. The molecule has 122 valence electrons. The van der Waals surface area contributed by atoms with E-state index < -0.39 is 0 Å². The maximum atomic E-state index is 11.8. The Morgan fingerprint density at radius 1 is 1.09 bits per heavy atom. The van der Waals surface area contributed by atoms with Gasteiger partial charge < -0.3 is 4.90 Å². The molecular formula is C18H29N3O. The monoisotopic (exact) mass is 303 g/mol. The molecule has 0 amide bonds. The van der Waals surface area contributed by atoms with Crippen LogP contribution in [-0.2, 0) is 15.6 Å². The number of piperidine rings is 1. The van der Waals surface area contributed by atoms with Crippen molar-refractivity contribution in [3.8, 4) is 0 Å². The molecule has 1 unspecified atom stereocenters. The summed E-state index contributed by atoms with van der Waals surface area (Å²) in [5, 5.41) is 0. The van der Waals surface area contributed by atoms with Crippen molar-refractivity contribution in [2.75, 3.05) is 18.0 Å². The van der Waals surface area contributed by atoms with E-state index in [9.17, 15) is 4.79 Å². The van der Waals surface area contributed by atoms with Crippen LogP contribution in [0.25, 0.3) is 0 Å². The smallest absolute Gasteiger partial charge is 0.139 e. The van der Waals surface area contributed by atoms with Crippen molar-refractivity contribution in [2.45, 2.75) is 65.7 Å². The van der Waals surface area contributed by atoms with Crippen LogP contribution < -0.4 is 4.90 Å². The first-order valence-electron chi connectivity index (χ1n) is 8.16. The fourth-order valence-corrected chi connectivity index (χ4v) is 2.54.